The Morgan fingerprint density at radius 3 is 2.84 bits per heavy atom. The average Bonchev–Trinajstić information content (AvgIpc) is 3.05. The molecule has 3 rings (SSSR count). The largest absolute Gasteiger partial charge is 0.495 e. The number of nitrogens with one attached hydrogen (secondary N) is 2. The molecule has 0 aliphatic carbocycles. The van der Waals surface area contributed by atoms with E-state index in [-0.39, 0.29) is 6.61 Å². The Bertz CT molecular complexity index is 906. The first kappa shape index (κ1) is 16.6. The predicted molar refractivity (Wildman–Crippen MR) is 94.8 cm³/mol. The van der Waals surface area contributed by atoms with Gasteiger partial charge >= 0.3 is 5.97 Å². The van der Waals surface area contributed by atoms with Crippen molar-refractivity contribution in [3.63, 3.8) is 0 Å². The lowest BCUT2D eigenvalue weighted by molar-refractivity contribution is 0.0528. The van der Waals surface area contributed by atoms with Crippen molar-refractivity contribution >= 4 is 28.9 Å². The highest BCUT2D eigenvalue weighted by atomic mass is 16.5. The third-order valence-electron chi connectivity index (χ3n) is 3.59. The minimum absolute atomic E-state index is 0.286. The number of esters is 1. The summed E-state index contributed by atoms with van der Waals surface area (Å²) >= 11 is 0. The summed E-state index contributed by atoms with van der Waals surface area (Å²) in [5.74, 6) is 1.46. The lowest BCUT2D eigenvalue weighted by atomic mass is 10.3. The van der Waals surface area contributed by atoms with E-state index in [4.69, 9.17) is 9.47 Å². The van der Waals surface area contributed by atoms with Gasteiger partial charge in [0, 0.05) is 13.1 Å². The van der Waals surface area contributed by atoms with Crippen molar-refractivity contribution < 1.29 is 14.3 Å². The molecule has 130 valence electrons. The molecule has 0 aliphatic rings. The number of hydrogen-bond acceptors (Lipinski definition) is 7. The zero-order valence-electron chi connectivity index (χ0n) is 14.2. The van der Waals surface area contributed by atoms with Gasteiger partial charge in [-0.3, -0.25) is 0 Å². The van der Waals surface area contributed by atoms with Gasteiger partial charge in [-0.2, -0.15) is 9.61 Å². The number of hydrogen-bond donors (Lipinski definition) is 2. The minimum atomic E-state index is -0.457. The predicted octanol–water partition coefficient (Wildman–Crippen LogP) is 2.70. The van der Waals surface area contributed by atoms with Crippen molar-refractivity contribution in [1.82, 2.24) is 14.6 Å². The van der Waals surface area contributed by atoms with Gasteiger partial charge in [0.05, 0.1) is 25.6 Å². The number of fused-ring (bicyclic) bond motifs is 1. The molecule has 0 saturated heterocycles. The Morgan fingerprint density at radius 1 is 1.32 bits per heavy atom. The summed E-state index contributed by atoms with van der Waals surface area (Å²) in [5, 5.41) is 10.5. The minimum Gasteiger partial charge on any atom is -0.495 e. The third-order valence-corrected chi connectivity index (χ3v) is 3.59. The molecule has 25 heavy (non-hydrogen) atoms. The molecule has 0 radical (unpaired) electrons. The highest BCUT2D eigenvalue weighted by Gasteiger charge is 2.18. The van der Waals surface area contributed by atoms with Crippen LogP contribution in [0.4, 0.5) is 17.3 Å². The molecule has 2 heterocycles. The molecule has 0 saturated carbocycles. The Labute approximate surface area is 144 Å². The molecule has 2 aromatic heterocycles. The number of aromatic nitrogens is 3. The van der Waals surface area contributed by atoms with Gasteiger partial charge in [0.15, 0.2) is 5.65 Å². The molecule has 0 spiro atoms. The van der Waals surface area contributed by atoms with Crippen LogP contribution in [0.2, 0.25) is 0 Å². The van der Waals surface area contributed by atoms with Crippen molar-refractivity contribution in [2.24, 2.45) is 0 Å². The van der Waals surface area contributed by atoms with E-state index in [1.807, 2.05) is 24.3 Å². The van der Waals surface area contributed by atoms with Gasteiger partial charge < -0.3 is 20.1 Å². The van der Waals surface area contributed by atoms with Crippen molar-refractivity contribution in [3.8, 4) is 5.75 Å². The number of anilines is 3. The summed E-state index contributed by atoms with van der Waals surface area (Å²) in [6, 6.07) is 9.30. The van der Waals surface area contributed by atoms with Crippen molar-refractivity contribution in [2.75, 3.05) is 31.4 Å². The second-order valence-electron chi connectivity index (χ2n) is 5.12. The van der Waals surface area contributed by atoms with Crippen LogP contribution in [0.25, 0.3) is 5.65 Å². The number of methoxy groups -OCH3 is 1. The van der Waals surface area contributed by atoms with Gasteiger partial charge in [-0.05, 0) is 19.1 Å². The topological polar surface area (TPSA) is 89.8 Å². The third kappa shape index (κ3) is 3.18. The molecule has 0 amide bonds. The maximum atomic E-state index is 12.1. The molecular formula is C17H19N5O3. The van der Waals surface area contributed by atoms with Gasteiger partial charge in [-0.15, -0.1) is 0 Å². The highest BCUT2D eigenvalue weighted by molar-refractivity contribution is 5.96. The van der Waals surface area contributed by atoms with E-state index in [0.717, 1.165) is 5.69 Å². The first-order valence-electron chi connectivity index (χ1n) is 7.81. The first-order chi connectivity index (χ1) is 12.2. The quantitative estimate of drug-likeness (QED) is 0.666. The molecule has 0 aliphatic heterocycles. The molecular weight excluding hydrogens is 322 g/mol. The summed E-state index contributed by atoms with van der Waals surface area (Å²) < 4.78 is 12.0. The summed E-state index contributed by atoms with van der Waals surface area (Å²) in [5.41, 5.74) is 1.48. The Kier molecular flexibility index (Phi) is 4.69. The number of benzene rings is 1. The number of nitrogens with zero attached hydrogens (tertiary/aromatic N) is 3. The van der Waals surface area contributed by atoms with E-state index < -0.39 is 5.97 Å². The van der Waals surface area contributed by atoms with E-state index in [9.17, 15) is 4.79 Å². The maximum absolute atomic E-state index is 12.1. The number of carbonyl (C=O) groups is 1. The van der Waals surface area contributed by atoms with E-state index in [1.54, 1.807) is 31.7 Å². The van der Waals surface area contributed by atoms with Gasteiger partial charge in [0.25, 0.3) is 0 Å². The van der Waals surface area contributed by atoms with Crippen LogP contribution < -0.4 is 15.4 Å². The van der Waals surface area contributed by atoms with Crippen LogP contribution in [0.1, 0.15) is 17.3 Å². The van der Waals surface area contributed by atoms with E-state index in [0.29, 0.717) is 28.6 Å². The molecule has 8 nitrogen and oxygen atoms in total. The summed E-state index contributed by atoms with van der Waals surface area (Å²) in [4.78, 5) is 16.6. The van der Waals surface area contributed by atoms with E-state index in [2.05, 4.69) is 20.7 Å². The normalized spacial score (nSPS) is 10.5. The average molecular weight is 341 g/mol. The van der Waals surface area contributed by atoms with Crippen LogP contribution in [-0.2, 0) is 4.74 Å². The Hall–Kier alpha value is -3.29. The van der Waals surface area contributed by atoms with Crippen LogP contribution >= 0.6 is 0 Å². The molecule has 0 bridgehead atoms. The fourth-order valence-electron chi connectivity index (χ4n) is 2.44. The summed E-state index contributed by atoms with van der Waals surface area (Å²) in [6.45, 7) is 2.04. The maximum Gasteiger partial charge on any atom is 0.343 e. The molecule has 0 unspecified atom stereocenters. The second-order valence-corrected chi connectivity index (χ2v) is 5.12. The van der Waals surface area contributed by atoms with Crippen molar-refractivity contribution in [1.29, 1.82) is 0 Å². The second kappa shape index (κ2) is 7.08. The lowest BCUT2D eigenvalue weighted by Crippen LogP contribution is -2.08. The van der Waals surface area contributed by atoms with Gasteiger partial charge in [0.2, 0.25) is 0 Å². The fraction of sp³-hybridized carbons (Fsp3) is 0.235. The van der Waals surface area contributed by atoms with Crippen LogP contribution in [0.3, 0.4) is 0 Å². The molecule has 8 heteroatoms. The zero-order valence-corrected chi connectivity index (χ0v) is 14.2. The number of rotatable bonds is 6. The number of ether oxygens (including phenoxy) is 2. The van der Waals surface area contributed by atoms with Gasteiger partial charge in [0.1, 0.15) is 22.9 Å². The number of para-hydroxylation sites is 2. The van der Waals surface area contributed by atoms with Gasteiger partial charge in [-0.1, -0.05) is 12.1 Å². The monoisotopic (exact) mass is 341 g/mol. The zero-order chi connectivity index (χ0) is 17.8. The molecule has 0 atom stereocenters. The Morgan fingerprint density at radius 2 is 2.12 bits per heavy atom. The highest BCUT2D eigenvalue weighted by Crippen LogP contribution is 2.28. The van der Waals surface area contributed by atoms with Gasteiger partial charge in [-0.25, -0.2) is 9.78 Å². The molecule has 1 aromatic carbocycles. The summed E-state index contributed by atoms with van der Waals surface area (Å²) in [6.07, 6.45) is 1.45. The van der Waals surface area contributed by atoms with Crippen LogP contribution in [0.5, 0.6) is 5.75 Å². The lowest BCUT2D eigenvalue weighted by Gasteiger charge is -2.12. The smallest absolute Gasteiger partial charge is 0.343 e. The number of carbonyl (C=O) groups excluding carboxylic acids is 1. The van der Waals surface area contributed by atoms with Crippen molar-refractivity contribution in [3.05, 3.63) is 42.1 Å². The van der Waals surface area contributed by atoms with Crippen molar-refractivity contribution in [2.45, 2.75) is 6.92 Å². The van der Waals surface area contributed by atoms with Crippen LogP contribution in [0.15, 0.2) is 36.5 Å². The van der Waals surface area contributed by atoms with E-state index in [1.165, 1.54) is 6.20 Å². The Balaban J connectivity index is 2.06. The molecule has 2 N–H and O–H groups in total. The summed E-state index contributed by atoms with van der Waals surface area (Å²) in [7, 11) is 3.37. The SMILES string of the molecule is CCOC(=O)c1cnn2c(NC)cc(Nc3ccccc3OC)nc12. The van der Waals surface area contributed by atoms with Crippen LogP contribution in [0, 0.1) is 0 Å². The first-order valence-corrected chi connectivity index (χ1v) is 7.81. The van der Waals surface area contributed by atoms with Crippen LogP contribution in [-0.4, -0.2) is 41.3 Å². The van der Waals surface area contributed by atoms with E-state index >= 15 is 0 Å². The fourth-order valence-corrected chi connectivity index (χ4v) is 2.44. The standard InChI is InChI=1S/C17H19N5O3/c1-4-25-17(23)11-10-19-22-15(18-2)9-14(21-16(11)22)20-12-7-5-6-8-13(12)24-3/h5-10,18H,4H2,1-3H3,(H,20,21). The molecule has 0 fully saturated rings. The molecule has 3 aromatic rings.